The third kappa shape index (κ3) is 5.44. The topological polar surface area (TPSA) is 73.7 Å². The zero-order chi connectivity index (χ0) is 43.3. The Morgan fingerprint density at radius 2 is 0.831 bits per heavy atom. The Balaban J connectivity index is 1.10. The Morgan fingerprint density at radius 3 is 1.48 bits per heavy atom. The first kappa shape index (κ1) is 37.2. The molecular formula is C59H39N5O. The summed E-state index contributed by atoms with van der Waals surface area (Å²) >= 11 is 0. The highest BCUT2D eigenvalue weighted by Crippen LogP contribution is 2.64. The zero-order valence-electron chi connectivity index (χ0n) is 35.7. The van der Waals surface area contributed by atoms with E-state index in [-0.39, 0.29) is 5.41 Å². The van der Waals surface area contributed by atoms with E-state index in [0.29, 0.717) is 23.3 Å². The number of hydrogen-bond acceptors (Lipinski definition) is 6. The number of benzene rings is 8. The summed E-state index contributed by atoms with van der Waals surface area (Å²) in [5, 5.41) is 0. The third-order valence-electron chi connectivity index (χ3n) is 13.6. The van der Waals surface area contributed by atoms with Crippen LogP contribution >= 0.6 is 0 Å². The van der Waals surface area contributed by atoms with Crippen LogP contribution < -0.4 is 4.74 Å². The van der Waals surface area contributed by atoms with Crippen molar-refractivity contribution in [3.63, 3.8) is 0 Å². The van der Waals surface area contributed by atoms with Crippen molar-refractivity contribution in [2.75, 3.05) is 0 Å². The molecule has 2 aliphatic carbocycles. The maximum Gasteiger partial charge on any atom is 0.164 e. The van der Waals surface area contributed by atoms with Gasteiger partial charge in [0.05, 0.1) is 16.8 Å². The molecule has 0 fully saturated rings. The molecule has 13 rings (SSSR count). The Hall–Kier alpha value is -8.35. The summed E-state index contributed by atoms with van der Waals surface area (Å²) in [7, 11) is 0. The van der Waals surface area contributed by atoms with Crippen LogP contribution in [-0.4, -0.2) is 24.9 Å². The molecular weight excluding hydrogens is 795 g/mol. The number of para-hydroxylation sites is 2. The average Bonchev–Trinajstić information content (AvgIpc) is 3.79. The predicted molar refractivity (Wildman–Crippen MR) is 258 cm³/mol. The number of rotatable bonds is 5. The molecule has 3 heterocycles. The maximum atomic E-state index is 6.76. The van der Waals surface area contributed by atoms with Gasteiger partial charge in [0, 0.05) is 49.9 Å². The molecule has 0 atom stereocenters. The highest BCUT2D eigenvalue weighted by molar-refractivity contribution is 5.97. The van der Waals surface area contributed by atoms with Crippen LogP contribution in [0.2, 0.25) is 0 Å². The molecule has 0 saturated heterocycles. The van der Waals surface area contributed by atoms with Crippen molar-refractivity contribution in [3.8, 4) is 90.6 Å². The van der Waals surface area contributed by atoms with Crippen LogP contribution in [0.1, 0.15) is 47.4 Å². The molecule has 8 aromatic carbocycles. The van der Waals surface area contributed by atoms with Gasteiger partial charge in [-0.1, -0.05) is 196 Å². The van der Waals surface area contributed by atoms with Crippen molar-refractivity contribution < 1.29 is 4.74 Å². The van der Waals surface area contributed by atoms with Crippen LogP contribution in [-0.2, 0) is 10.8 Å². The van der Waals surface area contributed by atoms with Crippen LogP contribution in [0.3, 0.4) is 0 Å². The molecule has 0 amide bonds. The third-order valence-corrected chi connectivity index (χ3v) is 13.6. The fourth-order valence-electron chi connectivity index (χ4n) is 10.7. The molecule has 10 aromatic rings. The largest absolute Gasteiger partial charge is 0.457 e. The average molecular weight is 834 g/mol. The first-order valence-corrected chi connectivity index (χ1v) is 22.1. The van der Waals surface area contributed by atoms with Crippen molar-refractivity contribution in [1.82, 2.24) is 24.9 Å². The molecule has 306 valence electrons. The van der Waals surface area contributed by atoms with E-state index >= 15 is 0 Å². The molecule has 0 N–H and O–H groups in total. The second-order valence-corrected chi connectivity index (χ2v) is 17.5. The van der Waals surface area contributed by atoms with Crippen molar-refractivity contribution in [3.05, 3.63) is 234 Å². The number of fused-ring (bicyclic) bond motifs is 12. The van der Waals surface area contributed by atoms with Crippen molar-refractivity contribution in [1.29, 1.82) is 0 Å². The van der Waals surface area contributed by atoms with Crippen molar-refractivity contribution in [2.24, 2.45) is 0 Å². The highest BCUT2D eigenvalue weighted by atomic mass is 16.5. The van der Waals surface area contributed by atoms with Gasteiger partial charge in [-0.05, 0) is 51.6 Å². The van der Waals surface area contributed by atoms with E-state index < -0.39 is 5.41 Å². The van der Waals surface area contributed by atoms with Gasteiger partial charge in [0.2, 0.25) is 0 Å². The first-order chi connectivity index (χ1) is 32.0. The van der Waals surface area contributed by atoms with Crippen LogP contribution in [0, 0.1) is 0 Å². The molecule has 1 spiro atoms. The predicted octanol–water partition coefficient (Wildman–Crippen LogP) is 13.8. The minimum Gasteiger partial charge on any atom is -0.457 e. The maximum absolute atomic E-state index is 6.76. The van der Waals surface area contributed by atoms with Gasteiger partial charge in [-0.3, -0.25) is 0 Å². The fourth-order valence-corrected chi connectivity index (χ4v) is 10.7. The first-order valence-electron chi connectivity index (χ1n) is 22.1. The standard InChI is InChI=1S/C59H39N5O/c1-58(2)43-27-13-12-25-40(43)51-52(36-19-6-3-7-20-36)60-56(61-53(51)58)39-33-34-41-47(35-39)59(44-28-14-16-31-48(44)65-49-32-17-15-29-45(49)59)46-30-18-26-42(50(41)46)57-63-54(37-21-8-4-9-22-37)62-55(64-57)38-23-10-5-11-24-38/h3-35H,1-2H3. The molecule has 1 aliphatic heterocycles. The Bertz CT molecular complexity index is 3450. The van der Waals surface area contributed by atoms with Gasteiger partial charge in [0.15, 0.2) is 23.3 Å². The number of hydrogen-bond donors (Lipinski definition) is 0. The minimum atomic E-state index is -0.770. The smallest absolute Gasteiger partial charge is 0.164 e. The Labute approximate surface area is 377 Å². The van der Waals surface area contributed by atoms with E-state index in [0.717, 1.165) is 89.6 Å². The van der Waals surface area contributed by atoms with Crippen LogP contribution in [0.15, 0.2) is 200 Å². The summed E-state index contributed by atoms with van der Waals surface area (Å²) in [6.07, 6.45) is 0. The summed E-state index contributed by atoms with van der Waals surface area (Å²) in [4.78, 5) is 26.7. The lowest BCUT2D eigenvalue weighted by atomic mass is 9.66. The molecule has 2 aromatic heterocycles. The van der Waals surface area contributed by atoms with Crippen molar-refractivity contribution in [2.45, 2.75) is 24.7 Å². The van der Waals surface area contributed by atoms with Gasteiger partial charge in [-0.25, -0.2) is 24.9 Å². The van der Waals surface area contributed by atoms with Gasteiger partial charge >= 0.3 is 0 Å². The Morgan fingerprint density at radius 1 is 0.338 bits per heavy atom. The molecule has 6 heteroatoms. The lowest BCUT2D eigenvalue weighted by Gasteiger charge is -2.39. The number of nitrogens with zero attached hydrogens (tertiary/aromatic N) is 5. The van der Waals surface area contributed by atoms with E-state index in [1.165, 1.54) is 11.1 Å². The molecule has 3 aliphatic rings. The monoisotopic (exact) mass is 833 g/mol. The fraction of sp³-hybridized carbons (Fsp3) is 0.0678. The Kier molecular flexibility index (Phi) is 8.06. The molecule has 0 saturated carbocycles. The van der Waals surface area contributed by atoms with Crippen LogP contribution in [0.5, 0.6) is 11.5 Å². The lowest BCUT2D eigenvalue weighted by Crippen LogP contribution is -2.32. The summed E-state index contributed by atoms with van der Waals surface area (Å²) < 4.78 is 6.76. The number of aromatic nitrogens is 5. The summed E-state index contributed by atoms with van der Waals surface area (Å²) in [6, 6.07) is 69.8. The van der Waals surface area contributed by atoms with Gasteiger partial charge in [-0.15, -0.1) is 0 Å². The van der Waals surface area contributed by atoms with Crippen LogP contribution in [0.4, 0.5) is 0 Å². The number of ether oxygens (including phenoxy) is 1. The second-order valence-electron chi connectivity index (χ2n) is 17.5. The molecule has 0 bridgehead atoms. The van der Waals surface area contributed by atoms with Gasteiger partial charge in [0.1, 0.15) is 11.5 Å². The second kappa shape index (κ2) is 14.1. The highest BCUT2D eigenvalue weighted by Gasteiger charge is 2.52. The molecule has 0 unspecified atom stereocenters. The van der Waals surface area contributed by atoms with E-state index in [9.17, 15) is 0 Å². The molecule has 0 radical (unpaired) electrons. The zero-order valence-corrected chi connectivity index (χ0v) is 35.7. The minimum absolute atomic E-state index is 0.337. The quantitative estimate of drug-likeness (QED) is 0.172. The summed E-state index contributed by atoms with van der Waals surface area (Å²) in [5.41, 5.74) is 15.7. The van der Waals surface area contributed by atoms with Gasteiger partial charge in [-0.2, -0.15) is 0 Å². The summed E-state index contributed by atoms with van der Waals surface area (Å²) in [6.45, 7) is 4.56. The SMILES string of the molecule is CC1(C)c2ccccc2-c2c(-c3ccccc3)nc(-c3ccc4c(c3)C3(c5ccccc5Oc5ccccc53)c3cccc(-c5nc(-c6ccccc6)nc(-c6ccccc6)n5)c3-4)nc21. The lowest BCUT2D eigenvalue weighted by molar-refractivity contribution is 0.436. The van der Waals surface area contributed by atoms with Gasteiger partial charge in [0.25, 0.3) is 0 Å². The molecule has 6 nitrogen and oxygen atoms in total. The van der Waals surface area contributed by atoms with E-state index in [2.05, 4.69) is 166 Å². The molecule has 65 heavy (non-hydrogen) atoms. The normalized spacial score (nSPS) is 14.1. The van der Waals surface area contributed by atoms with Crippen molar-refractivity contribution >= 4 is 0 Å². The summed E-state index contributed by atoms with van der Waals surface area (Å²) in [5.74, 6) is 4.15. The van der Waals surface area contributed by atoms with E-state index in [1.807, 2.05) is 48.5 Å². The van der Waals surface area contributed by atoms with Crippen LogP contribution in [0.25, 0.3) is 79.1 Å². The van der Waals surface area contributed by atoms with E-state index in [1.54, 1.807) is 0 Å². The van der Waals surface area contributed by atoms with E-state index in [4.69, 9.17) is 29.7 Å². The van der Waals surface area contributed by atoms with Gasteiger partial charge < -0.3 is 4.74 Å².